The summed E-state index contributed by atoms with van der Waals surface area (Å²) < 4.78 is 6.25. The van der Waals surface area contributed by atoms with Gasteiger partial charge in [0.05, 0.1) is 16.8 Å². The molecule has 7 heteroatoms. The molecule has 0 spiro atoms. The van der Waals surface area contributed by atoms with Crippen LogP contribution in [0.2, 0.25) is 5.02 Å². The van der Waals surface area contributed by atoms with Crippen LogP contribution in [0.25, 0.3) is 10.2 Å². The summed E-state index contributed by atoms with van der Waals surface area (Å²) in [6, 6.07) is 5.81. The van der Waals surface area contributed by atoms with Gasteiger partial charge >= 0.3 is 0 Å². The fourth-order valence-corrected chi connectivity index (χ4v) is 4.53. The molecule has 1 aliphatic rings. The molecule has 2 atom stereocenters. The van der Waals surface area contributed by atoms with E-state index in [0.29, 0.717) is 5.92 Å². The standard InChI is InChI=1S/C17H24ClN3O2S/c1-20(5-6-23-2)8-12-9-21(10-13(12)11-22)17-19-15-4-3-14(18)7-16(15)24-17/h3-4,7,12-13,22H,5-6,8-11H2,1-2H3/t12-,13-/m1/s1. The first kappa shape index (κ1) is 17.9. The van der Waals surface area contributed by atoms with Gasteiger partial charge in [0, 0.05) is 50.8 Å². The van der Waals surface area contributed by atoms with Gasteiger partial charge in [-0.15, -0.1) is 0 Å². The van der Waals surface area contributed by atoms with E-state index < -0.39 is 0 Å². The summed E-state index contributed by atoms with van der Waals surface area (Å²) >= 11 is 7.74. The average molecular weight is 370 g/mol. The van der Waals surface area contributed by atoms with Gasteiger partial charge in [-0.25, -0.2) is 4.98 Å². The van der Waals surface area contributed by atoms with Crippen LogP contribution in [0.15, 0.2) is 18.2 Å². The molecule has 0 amide bonds. The first-order valence-electron chi connectivity index (χ1n) is 8.20. The van der Waals surface area contributed by atoms with Crippen LogP contribution >= 0.6 is 22.9 Å². The van der Waals surface area contributed by atoms with Gasteiger partial charge in [0.1, 0.15) is 0 Å². The number of aromatic nitrogens is 1. The van der Waals surface area contributed by atoms with Crippen molar-refractivity contribution in [3.63, 3.8) is 0 Å². The van der Waals surface area contributed by atoms with E-state index in [4.69, 9.17) is 21.3 Å². The Balaban J connectivity index is 1.70. The van der Waals surface area contributed by atoms with Crippen molar-refractivity contribution in [3.8, 4) is 0 Å². The predicted molar refractivity (Wildman–Crippen MR) is 100 cm³/mol. The maximum atomic E-state index is 9.76. The number of likely N-dealkylation sites (N-methyl/N-ethyl adjacent to an activating group) is 1. The van der Waals surface area contributed by atoms with Crippen molar-refractivity contribution in [2.45, 2.75) is 0 Å². The zero-order valence-corrected chi connectivity index (χ0v) is 15.7. The number of benzene rings is 1. The third kappa shape index (κ3) is 4.00. The highest BCUT2D eigenvalue weighted by molar-refractivity contribution is 7.22. The van der Waals surface area contributed by atoms with Crippen molar-refractivity contribution in [2.24, 2.45) is 11.8 Å². The van der Waals surface area contributed by atoms with Gasteiger partial charge in [-0.05, 0) is 31.2 Å². The van der Waals surface area contributed by atoms with E-state index in [-0.39, 0.29) is 12.5 Å². The van der Waals surface area contributed by atoms with E-state index in [2.05, 4.69) is 16.8 Å². The van der Waals surface area contributed by atoms with Gasteiger partial charge in [0.15, 0.2) is 5.13 Å². The van der Waals surface area contributed by atoms with Crippen LogP contribution in [-0.2, 0) is 4.74 Å². The van der Waals surface area contributed by atoms with E-state index >= 15 is 0 Å². The molecule has 1 fully saturated rings. The molecule has 1 N–H and O–H groups in total. The van der Waals surface area contributed by atoms with Gasteiger partial charge < -0.3 is 19.6 Å². The molecule has 0 radical (unpaired) electrons. The van der Waals surface area contributed by atoms with Gasteiger partial charge in [-0.1, -0.05) is 22.9 Å². The molecule has 2 aromatic rings. The monoisotopic (exact) mass is 369 g/mol. The molecule has 1 saturated heterocycles. The highest BCUT2D eigenvalue weighted by atomic mass is 35.5. The van der Waals surface area contributed by atoms with Crippen molar-refractivity contribution in [1.82, 2.24) is 9.88 Å². The Labute approximate surface area is 151 Å². The lowest BCUT2D eigenvalue weighted by Gasteiger charge is -2.23. The minimum absolute atomic E-state index is 0.218. The van der Waals surface area contributed by atoms with Crippen LogP contribution in [0.1, 0.15) is 0 Å². The highest BCUT2D eigenvalue weighted by Gasteiger charge is 2.34. The Morgan fingerprint density at radius 2 is 2.21 bits per heavy atom. The molecule has 2 heterocycles. The molecule has 0 bridgehead atoms. The number of aliphatic hydroxyl groups is 1. The normalized spacial score (nSPS) is 21.3. The van der Waals surface area contributed by atoms with E-state index in [9.17, 15) is 5.11 Å². The van der Waals surface area contributed by atoms with Gasteiger partial charge in [-0.2, -0.15) is 0 Å². The summed E-state index contributed by atoms with van der Waals surface area (Å²) in [4.78, 5) is 9.31. The molecule has 5 nitrogen and oxygen atoms in total. The van der Waals surface area contributed by atoms with Crippen molar-refractivity contribution in [2.75, 3.05) is 58.5 Å². The van der Waals surface area contributed by atoms with Crippen LogP contribution in [-0.4, -0.2) is 68.5 Å². The number of rotatable bonds is 7. The van der Waals surface area contributed by atoms with Gasteiger partial charge in [-0.3, -0.25) is 0 Å². The van der Waals surface area contributed by atoms with Crippen molar-refractivity contribution in [3.05, 3.63) is 23.2 Å². The second-order valence-corrected chi connectivity index (χ2v) is 7.92. The number of thiazole rings is 1. The number of fused-ring (bicyclic) bond motifs is 1. The smallest absolute Gasteiger partial charge is 0.186 e. The summed E-state index contributed by atoms with van der Waals surface area (Å²) in [5, 5.41) is 11.5. The molecule has 1 aromatic heterocycles. The molecule has 3 rings (SSSR count). The first-order valence-corrected chi connectivity index (χ1v) is 9.39. The fraction of sp³-hybridized carbons (Fsp3) is 0.588. The van der Waals surface area contributed by atoms with Crippen LogP contribution in [0.4, 0.5) is 5.13 Å². The van der Waals surface area contributed by atoms with Crippen LogP contribution in [0, 0.1) is 11.8 Å². The first-order chi connectivity index (χ1) is 11.6. The van der Waals surface area contributed by atoms with Crippen LogP contribution in [0.3, 0.4) is 0 Å². The molecule has 0 aliphatic carbocycles. The lowest BCUT2D eigenvalue weighted by atomic mass is 9.96. The van der Waals surface area contributed by atoms with Gasteiger partial charge in [0.25, 0.3) is 0 Å². The Morgan fingerprint density at radius 1 is 1.42 bits per heavy atom. The SMILES string of the molecule is COCCN(C)C[C@@H]1CN(c2nc3ccc(Cl)cc3s2)C[C@@H]1CO. The molecule has 1 aliphatic heterocycles. The highest BCUT2D eigenvalue weighted by Crippen LogP contribution is 2.35. The molecular weight excluding hydrogens is 346 g/mol. The predicted octanol–water partition coefficient (Wildman–Crippen LogP) is 2.57. The number of anilines is 1. The molecule has 24 heavy (non-hydrogen) atoms. The summed E-state index contributed by atoms with van der Waals surface area (Å²) in [7, 11) is 3.83. The third-order valence-corrected chi connectivity index (χ3v) is 5.96. The number of hydrogen-bond acceptors (Lipinski definition) is 6. The molecule has 1 aromatic carbocycles. The number of ether oxygens (including phenoxy) is 1. The molecular formula is C17H24ClN3O2S. The van der Waals surface area contributed by atoms with Crippen molar-refractivity contribution >= 4 is 38.3 Å². The number of nitrogens with zero attached hydrogens (tertiary/aromatic N) is 3. The Hall–Kier alpha value is -0.920. The topological polar surface area (TPSA) is 48.8 Å². The Bertz CT molecular complexity index is 681. The zero-order valence-electron chi connectivity index (χ0n) is 14.1. The average Bonchev–Trinajstić information content (AvgIpc) is 3.15. The molecule has 0 saturated carbocycles. The van der Waals surface area contributed by atoms with E-state index in [1.807, 2.05) is 18.2 Å². The number of aliphatic hydroxyl groups excluding tert-OH is 1. The van der Waals surface area contributed by atoms with Crippen molar-refractivity contribution < 1.29 is 9.84 Å². The lowest BCUT2D eigenvalue weighted by Crippen LogP contribution is -2.33. The largest absolute Gasteiger partial charge is 0.396 e. The van der Waals surface area contributed by atoms with Crippen molar-refractivity contribution in [1.29, 1.82) is 0 Å². The fourth-order valence-electron chi connectivity index (χ4n) is 3.27. The summed E-state index contributed by atoms with van der Waals surface area (Å²) in [6.07, 6.45) is 0. The second kappa shape index (κ2) is 7.97. The van der Waals surface area contributed by atoms with Crippen LogP contribution in [0.5, 0.6) is 0 Å². The number of hydrogen-bond donors (Lipinski definition) is 1. The Kier molecular flexibility index (Phi) is 5.94. The summed E-state index contributed by atoms with van der Waals surface area (Å²) in [5.41, 5.74) is 0.987. The van der Waals surface area contributed by atoms with E-state index in [1.165, 1.54) is 0 Å². The zero-order chi connectivity index (χ0) is 17.1. The minimum Gasteiger partial charge on any atom is -0.396 e. The van der Waals surface area contributed by atoms with E-state index in [0.717, 1.165) is 53.2 Å². The molecule has 132 valence electrons. The summed E-state index contributed by atoms with van der Waals surface area (Å²) in [6.45, 7) is 4.60. The maximum Gasteiger partial charge on any atom is 0.186 e. The number of halogens is 1. The lowest BCUT2D eigenvalue weighted by molar-refractivity contribution is 0.136. The maximum absolute atomic E-state index is 9.76. The number of methoxy groups -OCH3 is 1. The summed E-state index contributed by atoms with van der Waals surface area (Å²) in [5.74, 6) is 0.720. The third-order valence-electron chi connectivity index (χ3n) is 4.64. The quantitative estimate of drug-likeness (QED) is 0.812. The Morgan fingerprint density at radius 3 is 2.96 bits per heavy atom. The van der Waals surface area contributed by atoms with E-state index in [1.54, 1.807) is 18.4 Å². The molecule has 0 unspecified atom stereocenters. The van der Waals surface area contributed by atoms with Gasteiger partial charge in [0.2, 0.25) is 0 Å². The van der Waals surface area contributed by atoms with Crippen LogP contribution < -0.4 is 4.90 Å². The second-order valence-electron chi connectivity index (χ2n) is 6.47. The minimum atomic E-state index is 0.218.